The van der Waals surface area contributed by atoms with Gasteiger partial charge >= 0.3 is 18.9 Å². The molecule has 0 saturated heterocycles. The van der Waals surface area contributed by atoms with Crippen LogP contribution in [-0.2, 0) is 0 Å². The standard InChI is InChI=1S/C16H17OP.Li.H/c1-10-8-11(2)15(12(3)9-10)16(17)13-6-4-5-7-14(13)18;;/h4-9H,18H2,1-3H3;;. The molecule has 2 aromatic carbocycles. The molecule has 0 aliphatic rings. The second kappa shape index (κ2) is 6.53. The van der Waals surface area contributed by atoms with Crippen LogP contribution in [0.15, 0.2) is 36.4 Å². The number of rotatable bonds is 2. The predicted octanol–water partition coefficient (Wildman–Crippen LogP) is 2.69. The summed E-state index contributed by atoms with van der Waals surface area (Å²) in [5, 5.41) is 0.946. The Balaban J connectivity index is 0.00000180. The Morgan fingerprint density at radius 1 is 1.00 bits per heavy atom. The molecule has 0 N–H and O–H groups in total. The molecule has 1 atom stereocenters. The van der Waals surface area contributed by atoms with Crippen molar-refractivity contribution >= 4 is 39.2 Å². The van der Waals surface area contributed by atoms with E-state index in [-0.39, 0.29) is 24.6 Å². The van der Waals surface area contributed by atoms with Crippen molar-refractivity contribution in [3.05, 3.63) is 64.2 Å². The molecule has 2 rings (SSSR count). The van der Waals surface area contributed by atoms with Crippen LogP contribution < -0.4 is 5.30 Å². The minimum atomic E-state index is 0. The average Bonchev–Trinajstić information content (AvgIpc) is 2.27. The van der Waals surface area contributed by atoms with Gasteiger partial charge in [-0.1, -0.05) is 42.0 Å². The minimum absolute atomic E-state index is 0. The molecule has 3 heteroatoms. The van der Waals surface area contributed by atoms with E-state index < -0.39 is 0 Å². The number of aryl methyl sites for hydroxylation is 3. The Morgan fingerprint density at radius 3 is 2.05 bits per heavy atom. The van der Waals surface area contributed by atoms with Gasteiger partial charge in [0.25, 0.3) is 0 Å². The topological polar surface area (TPSA) is 17.1 Å². The van der Waals surface area contributed by atoms with Gasteiger partial charge in [-0.2, -0.15) is 0 Å². The first-order valence-electron chi connectivity index (χ1n) is 5.97. The van der Waals surface area contributed by atoms with Crippen LogP contribution in [0.5, 0.6) is 0 Å². The van der Waals surface area contributed by atoms with Gasteiger partial charge in [0.2, 0.25) is 0 Å². The predicted molar refractivity (Wildman–Crippen MR) is 87.0 cm³/mol. The van der Waals surface area contributed by atoms with Gasteiger partial charge in [-0.3, -0.25) is 4.79 Å². The number of ketones is 1. The second-order valence-corrected chi connectivity index (χ2v) is 5.31. The Morgan fingerprint density at radius 2 is 1.53 bits per heavy atom. The van der Waals surface area contributed by atoms with E-state index in [4.69, 9.17) is 0 Å². The molecule has 19 heavy (non-hydrogen) atoms. The monoisotopic (exact) mass is 264 g/mol. The van der Waals surface area contributed by atoms with Gasteiger partial charge in [0.05, 0.1) is 0 Å². The van der Waals surface area contributed by atoms with Gasteiger partial charge in [-0.05, 0) is 37.2 Å². The van der Waals surface area contributed by atoms with Crippen LogP contribution in [0.1, 0.15) is 32.6 Å². The summed E-state index contributed by atoms with van der Waals surface area (Å²) in [7, 11) is 2.63. The fraction of sp³-hybridized carbons (Fsp3) is 0.188. The molecule has 0 saturated carbocycles. The normalized spacial score (nSPS) is 9.89. The van der Waals surface area contributed by atoms with Gasteiger partial charge in [0.1, 0.15) is 0 Å². The van der Waals surface area contributed by atoms with E-state index in [1.54, 1.807) is 0 Å². The van der Waals surface area contributed by atoms with Crippen molar-refractivity contribution in [1.82, 2.24) is 0 Å². The third-order valence-electron chi connectivity index (χ3n) is 3.11. The summed E-state index contributed by atoms with van der Waals surface area (Å²) in [4.78, 5) is 12.6. The van der Waals surface area contributed by atoms with E-state index in [1.807, 2.05) is 38.1 Å². The molecular formula is C16H18LiOP. The maximum atomic E-state index is 12.6. The van der Waals surface area contributed by atoms with Crippen molar-refractivity contribution in [2.45, 2.75) is 20.8 Å². The van der Waals surface area contributed by atoms with Gasteiger partial charge in [-0.15, -0.1) is 9.24 Å². The van der Waals surface area contributed by atoms with Crippen molar-refractivity contribution in [2.24, 2.45) is 0 Å². The molecule has 0 heterocycles. The van der Waals surface area contributed by atoms with Crippen LogP contribution in [0, 0.1) is 20.8 Å². The number of benzene rings is 2. The van der Waals surface area contributed by atoms with Crippen molar-refractivity contribution in [1.29, 1.82) is 0 Å². The average molecular weight is 264 g/mol. The van der Waals surface area contributed by atoms with Crippen molar-refractivity contribution in [3.63, 3.8) is 0 Å². The van der Waals surface area contributed by atoms with E-state index >= 15 is 0 Å². The Bertz CT molecular complexity index is 597. The van der Waals surface area contributed by atoms with E-state index in [0.29, 0.717) is 0 Å². The molecule has 0 radical (unpaired) electrons. The summed E-state index contributed by atoms with van der Waals surface area (Å²) >= 11 is 0. The van der Waals surface area contributed by atoms with Crippen LogP contribution >= 0.6 is 9.24 Å². The zero-order valence-corrected chi connectivity index (χ0v) is 12.1. The molecule has 1 unspecified atom stereocenters. The number of carbonyl (C=O) groups excluding carboxylic acids is 1. The molecule has 1 nitrogen and oxygen atoms in total. The molecule has 0 aliphatic carbocycles. The molecule has 0 aliphatic heterocycles. The van der Waals surface area contributed by atoms with Crippen LogP contribution in [0.3, 0.4) is 0 Å². The summed E-state index contributed by atoms with van der Waals surface area (Å²) in [5.74, 6) is 0.107. The van der Waals surface area contributed by atoms with Crippen LogP contribution in [-0.4, -0.2) is 24.6 Å². The van der Waals surface area contributed by atoms with Crippen LogP contribution in [0.25, 0.3) is 0 Å². The second-order valence-electron chi connectivity index (χ2n) is 4.69. The number of hydrogen-bond donors (Lipinski definition) is 0. The fourth-order valence-corrected chi connectivity index (χ4v) is 2.72. The van der Waals surface area contributed by atoms with Crippen molar-refractivity contribution in [2.75, 3.05) is 0 Å². The molecule has 2 aromatic rings. The van der Waals surface area contributed by atoms with Crippen LogP contribution in [0.2, 0.25) is 0 Å². The molecule has 0 amide bonds. The Hall–Kier alpha value is -0.863. The van der Waals surface area contributed by atoms with Gasteiger partial charge in [0, 0.05) is 11.1 Å². The third-order valence-corrected chi connectivity index (χ3v) is 3.61. The van der Waals surface area contributed by atoms with E-state index in [0.717, 1.165) is 27.6 Å². The maximum absolute atomic E-state index is 12.6. The fourth-order valence-electron chi connectivity index (χ4n) is 2.38. The van der Waals surface area contributed by atoms with E-state index in [9.17, 15) is 4.79 Å². The zero-order chi connectivity index (χ0) is 13.3. The number of hydrogen-bond acceptors (Lipinski definition) is 1. The molecule has 94 valence electrons. The Labute approximate surface area is 129 Å². The van der Waals surface area contributed by atoms with E-state index in [1.165, 1.54) is 5.56 Å². The zero-order valence-electron chi connectivity index (χ0n) is 10.9. The Kier molecular flexibility index (Phi) is 5.57. The first kappa shape index (κ1) is 16.2. The van der Waals surface area contributed by atoms with Gasteiger partial charge in [-0.25, -0.2) is 0 Å². The van der Waals surface area contributed by atoms with Crippen molar-refractivity contribution in [3.8, 4) is 0 Å². The first-order chi connectivity index (χ1) is 8.50. The van der Waals surface area contributed by atoms with E-state index in [2.05, 4.69) is 28.3 Å². The number of carbonyl (C=O) groups is 1. The molecular weight excluding hydrogens is 246 g/mol. The summed E-state index contributed by atoms with van der Waals surface area (Å²) in [6.45, 7) is 6.05. The van der Waals surface area contributed by atoms with Gasteiger partial charge < -0.3 is 0 Å². The summed E-state index contributed by atoms with van der Waals surface area (Å²) in [6.07, 6.45) is 0. The van der Waals surface area contributed by atoms with Gasteiger partial charge in [0.15, 0.2) is 5.78 Å². The molecule has 0 spiro atoms. The van der Waals surface area contributed by atoms with Crippen molar-refractivity contribution < 1.29 is 4.79 Å². The molecule has 0 bridgehead atoms. The summed E-state index contributed by atoms with van der Waals surface area (Å²) in [5.41, 5.74) is 4.88. The summed E-state index contributed by atoms with van der Waals surface area (Å²) < 4.78 is 0. The molecule has 0 aromatic heterocycles. The van der Waals surface area contributed by atoms with Crippen LogP contribution in [0.4, 0.5) is 0 Å². The summed E-state index contributed by atoms with van der Waals surface area (Å²) in [6, 6.07) is 11.8. The SMILES string of the molecule is Cc1cc(C)c(C(=O)c2ccccc2P)c(C)c1.[LiH]. The quantitative estimate of drug-likeness (QED) is 0.463. The first-order valence-corrected chi connectivity index (χ1v) is 6.55. The third kappa shape index (κ3) is 3.37. The molecule has 0 fully saturated rings.